The summed E-state index contributed by atoms with van der Waals surface area (Å²) < 4.78 is 5.29. The number of carboxylic acids is 1. The molecule has 152 valence electrons. The van der Waals surface area contributed by atoms with E-state index in [1.807, 2.05) is 84.9 Å². The van der Waals surface area contributed by atoms with E-state index < -0.39 is 17.6 Å². The van der Waals surface area contributed by atoms with E-state index >= 15 is 0 Å². The second-order valence-corrected chi connectivity index (χ2v) is 7.54. The van der Waals surface area contributed by atoms with Gasteiger partial charge in [-0.15, -0.1) is 0 Å². The molecule has 2 unspecified atom stereocenters. The second kappa shape index (κ2) is 8.03. The van der Waals surface area contributed by atoms with Crippen molar-refractivity contribution in [2.24, 2.45) is 4.99 Å². The Balaban J connectivity index is 1.85. The lowest BCUT2D eigenvalue weighted by molar-refractivity contribution is -0.144. The van der Waals surface area contributed by atoms with Gasteiger partial charge in [-0.3, -0.25) is 0 Å². The smallest absolute Gasteiger partial charge is 0.333 e. The largest absolute Gasteiger partial charge is 0.497 e. The highest BCUT2D eigenvalue weighted by molar-refractivity contribution is 6.03. The molecular formula is C25H24N2O3. The van der Waals surface area contributed by atoms with Gasteiger partial charge in [0.25, 0.3) is 0 Å². The molecule has 0 spiro atoms. The fourth-order valence-electron chi connectivity index (χ4n) is 3.99. The van der Waals surface area contributed by atoms with Crippen LogP contribution in [0.3, 0.4) is 0 Å². The number of carboxylic acid groups (broad SMARTS) is 1. The number of benzene rings is 3. The number of hydrogen-bond donors (Lipinski definition) is 1. The van der Waals surface area contributed by atoms with Gasteiger partial charge in [-0.25, -0.2) is 9.79 Å². The Morgan fingerprint density at radius 2 is 1.60 bits per heavy atom. The molecule has 1 aliphatic heterocycles. The summed E-state index contributed by atoms with van der Waals surface area (Å²) in [6.45, 7) is 2.24. The summed E-state index contributed by atoms with van der Waals surface area (Å²) in [4.78, 5) is 19.3. The molecule has 0 aromatic heterocycles. The highest BCUT2D eigenvalue weighted by atomic mass is 16.5. The van der Waals surface area contributed by atoms with Gasteiger partial charge in [0, 0.05) is 12.1 Å². The minimum atomic E-state index is -1.32. The lowest BCUT2D eigenvalue weighted by atomic mass is 9.87. The van der Waals surface area contributed by atoms with Crippen LogP contribution < -0.4 is 4.74 Å². The van der Waals surface area contributed by atoms with E-state index in [1.54, 1.807) is 14.0 Å². The first-order valence-electron chi connectivity index (χ1n) is 9.86. The molecule has 0 aliphatic carbocycles. The molecule has 2 atom stereocenters. The molecule has 0 saturated carbocycles. The third-order valence-corrected chi connectivity index (χ3v) is 5.55. The van der Waals surface area contributed by atoms with Crippen molar-refractivity contribution in [3.05, 3.63) is 102 Å². The van der Waals surface area contributed by atoms with Crippen LogP contribution in [0.1, 0.15) is 29.7 Å². The van der Waals surface area contributed by atoms with Gasteiger partial charge in [0.15, 0.2) is 5.54 Å². The molecule has 0 bridgehead atoms. The minimum absolute atomic E-state index is 0.462. The molecule has 30 heavy (non-hydrogen) atoms. The van der Waals surface area contributed by atoms with Crippen molar-refractivity contribution in [1.82, 2.24) is 4.90 Å². The molecule has 4 rings (SSSR count). The average molecular weight is 400 g/mol. The van der Waals surface area contributed by atoms with Gasteiger partial charge in [0.1, 0.15) is 11.6 Å². The van der Waals surface area contributed by atoms with E-state index in [9.17, 15) is 9.90 Å². The standard InChI is InChI=1S/C25H24N2O3/c1-25(24(28)29)22(19-13-15-21(30-2)16-14-19)27(17-18-9-5-3-6-10-18)23(26-25)20-11-7-4-8-12-20/h3-16,22H,17H2,1-2H3,(H,28,29). The monoisotopic (exact) mass is 400 g/mol. The number of aliphatic imine (C=N–C) groups is 1. The lowest BCUT2D eigenvalue weighted by Gasteiger charge is -2.34. The molecule has 1 aliphatic rings. The van der Waals surface area contributed by atoms with Crippen LogP contribution >= 0.6 is 0 Å². The Morgan fingerprint density at radius 1 is 1.00 bits per heavy atom. The average Bonchev–Trinajstić information content (AvgIpc) is 3.08. The van der Waals surface area contributed by atoms with E-state index in [0.717, 1.165) is 22.4 Å². The highest BCUT2D eigenvalue weighted by Gasteiger charge is 2.51. The number of hydrogen-bond acceptors (Lipinski definition) is 4. The molecule has 3 aromatic rings. The van der Waals surface area contributed by atoms with E-state index in [-0.39, 0.29) is 0 Å². The van der Waals surface area contributed by atoms with E-state index in [2.05, 4.69) is 4.90 Å². The summed E-state index contributed by atoms with van der Waals surface area (Å²) in [5.74, 6) is 0.463. The lowest BCUT2D eigenvalue weighted by Crippen LogP contribution is -2.43. The van der Waals surface area contributed by atoms with E-state index in [0.29, 0.717) is 12.4 Å². The van der Waals surface area contributed by atoms with Crippen molar-refractivity contribution in [2.45, 2.75) is 25.0 Å². The van der Waals surface area contributed by atoms with Crippen LogP contribution in [-0.4, -0.2) is 34.5 Å². The normalized spacial score (nSPS) is 20.7. The summed E-state index contributed by atoms with van der Waals surface area (Å²) in [5.41, 5.74) is 1.55. The third-order valence-electron chi connectivity index (χ3n) is 5.55. The molecule has 0 amide bonds. The fourth-order valence-corrected chi connectivity index (χ4v) is 3.99. The van der Waals surface area contributed by atoms with Gasteiger partial charge < -0.3 is 14.7 Å². The van der Waals surface area contributed by atoms with Gasteiger partial charge in [-0.1, -0.05) is 72.8 Å². The molecule has 0 saturated heterocycles. The molecule has 1 N–H and O–H groups in total. The van der Waals surface area contributed by atoms with Crippen LogP contribution in [0.2, 0.25) is 0 Å². The molecule has 5 nitrogen and oxygen atoms in total. The number of ether oxygens (including phenoxy) is 1. The topological polar surface area (TPSA) is 62.1 Å². The van der Waals surface area contributed by atoms with Crippen molar-refractivity contribution < 1.29 is 14.6 Å². The number of rotatable bonds is 6. The SMILES string of the molecule is COc1ccc(C2N(Cc3ccccc3)C(c3ccccc3)=NC2(C)C(=O)O)cc1. The first kappa shape index (κ1) is 19.7. The van der Waals surface area contributed by atoms with Crippen molar-refractivity contribution in [1.29, 1.82) is 0 Å². The van der Waals surface area contributed by atoms with Crippen LogP contribution in [-0.2, 0) is 11.3 Å². The van der Waals surface area contributed by atoms with Gasteiger partial charge in [0.2, 0.25) is 0 Å². The molecule has 5 heteroatoms. The van der Waals surface area contributed by atoms with Crippen LogP contribution in [0.15, 0.2) is 89.9 Å². The maximum atomic E-state index is 12.4. The van der Waals surface area contributed by atoms with Crippen molar-refractivity contribution in [2.75, 3.05) is 7.11 Å². The Kier molecular flexibility index (Phi) is 5.27. The van der Waals surface area contributed by atoms with Gasteiger partial charge >= 0.3 is 5.97 Å². The summed E-state index contributed by atoms with van der Waals surface area (Å²) in [6, 6.07) is 26.9. The zero-order valence-electron chi connectivity index (χ0n) is 17.0. The molecule has 0 fully saturated rings. The van der Waals surface area contributed by atoms with E-state index in [4.69, 9.17) is 9.73 Å². The maximum absolute atomic E-state index is 12.4. The zero-order valence-corrected chi connectivity index (χ0v) is 17.0. The van der Waals surface area contributed by atoms with Crippen LogP contribution in [0.4, 0.5) is 0 Å². The molecule has 0 radical (unpaired) electrons. The zero-order chi connectivity index (χ0) is 21.1. The van der Waals surface area contributed by atoms with E-state index in [1.165, 1.54) is 0 Å². The number of amidine groups is 1. The van der Waals surface area contributed by atoms with Gasteiger partial charge in [0.05, 0.1) is 13.2 Å². The minimum Gasteiger partial charge on any atom is -0.497 e. The predicted molar refractivity (Wildman–Crippen MR) is 117 cm³/mol. The van der Waals surface area contributed by atoms with Crippen LogP contribution in [0, 0.1) is 0 Å². The van der Waals surface area contributed by atoms with Crippen LogP contribution in [0.25, 0.3) is 0 Å². The number of methoxy groups -OCH3 is 1. The first-order chi connectivity index (χ1) is 14.5. The summed E-state index contributed by atoms with van der Waals surface area (Å²) >= 11 is 0. The molecule has 3 aromatic carbocycles. The Morgan fingerprint density at radius 3 is 2.17 bits per heavy atom. The van der Waals surface area contributed by atoms with Crippen molar-refractivity contribution in [3.8, 4) is 5.75 Å². The second-order valence-electron chi connectivity index (χ2n) is 7.54. The van der Waals surface area contributed by atoms with Crippen molar-refractivity contribution >= 4 is 11.8 Å². The Bertz CT molecular complexity index is 1050. The maximum Gasteiger partial charge on any atom is 0.333 e. The predicted octanol–water partition coefficient (Wildman–Crippen LogP) is 4.54. The highest BCUT2D eigenvalue weighted by Crippen LogP contribution is 2.43. The quantitative estimate of drug-likeness (QED) is 0.660. The summed E-state index contributed by atoms with van der Waals surface area (Å²) in [7, 11) is 1.62. The number of nitrogens with zero attached hydrogens (tertiary/aromatic N) is 2. The first-order valence-corrected chi connectivity index (χ1v) is 9.86. The number of carbonyl (C=O) groups is 1. The fraction of sp³-hybridized carbons (Fsp3) is 0.200. The molecular weight excluding hydrogens is 376 g/mol. The Labute approximate surface area is 176 Å². The van der Waals surface area contributed by atoms with Crippen LogP contribution in [0.5, 0.6) is 5.75 Å². The summed E-state index contributed by atoms with van der Waals surface area (Å²) in [5, 5.41) is 10.2. The third kappa shape index (κ3) is 3.54. The van der Waals surface area contributed by atoms with Gasteiger partial charge in [-0.05, 0) is 30.2 Å². The molecule has 1 heterocycles. The van der Waals surface area contributed by atoms with Crippen molar-refractivity contribution in [3.63, 3.8) is 0 Å². The summed E-state index contributed by atoms with van der Waals surface area (Å²) in [6.07, 6.45) is 0. The van der Waals surface area contributed by atoms with Gasteiger partial charge in [-0.2, -0.15) is 0 Å². The Hall–Kier alpha value is -3.60. The number of aliphatic carboxylic acids is 1.